The Morgan fingerprint density at radius 1 is 1.32 bits per heavy atom. The Labute approximate surface area is 150 Å². The quantitative estimate of drug-likeness (QED) is 0.835. The van der Waals surface area contributed by atoms with E-state index in [2.05, 4.69) is 16.8 Å². The van der Waals surface area contributed by atoms with E-state index in [9.17, 15) is 4.79 Å². The minimum atomic E-state index is 0.00695. The van der Waals surface area contributed by atoms with E-state index in [1.165, 1.54) is 12.8 Å². The topological polar surface area (TPSA) is 36.4 Å². The maximum absolute atomic E-state index is 13.1. The van der Waals surface area contributed by atoms with E-state index in [1.54, 1.807) is 6.20 Å². The molecule has 1 amide bonds. The van der Waals surface area contributed by atoms with Gasteiger partial charge in [-0.15, -0.1) is 0 Å². The molecule has 1 aromatic carbocycles. The lowest BCUT2D eigenvalue weighted by Crippen LogP contribution is -2.35. The van der Waals surface area contributed by atoms with Crippen molar-refractivity contribution in [3.8, 4) is 0 Å². The highest BCUT2D eigenvalue weighted by Crippen LogP contribution is 2.24. The van der Waals surface area contributed by atoms with Crippen LogP contribution >= 0.6 is 0 Å². The van der Waals surface area contributed by atoms with Gasteiger partial charge in [0.2, 0.25) is 0 Å². The lowest BCUT2D eigenvalue weighted by Gasteiger charge is -2.32. The Hall–Kier alpha value is -2.36. The molecule has 1 atom stereocenters. The molecule has 1 aromatic heterocycles. The number of piperidine rings is 1. The van der Waals surface area contributed by atoms with Gasteiger partial charge in [0.15, 0.2) is 0 Å². The van der Waals surface area contributed by atoms with Crippen molar-refractivity contribution in [3.63, 3.8) is 0 Å². The normalized spacial score (nSPS) is 17.4. The van der Waals surface area contributed by atoms with Gasteiger partial charge in [-0.05, 0) is 56.4 Å². The Balaban J connectivity index is 1.85. The number of rotatable bonds is 4. The molecule has 1 unspecified atom stereocenters. The van der Waals surface area contributed by atoms with E-state index in [1.807, 2.05) is 55.3 Å². The summed E-state index contributed by atoms with van der Waals surface area (Å²) >= 11 is 0. The first-order valence-corrected chi connectivity index (χ1v) is 9.17. The molecule has 2 aromatic rings. The minimum absolute atomic E-state index is 0.00695. The highest BCUT2D eigenvalue weighted by Gasteiger charge is 2.20. The van der Waals surface area contributed by atoms with Crippen LogP contribution < -0.4 is 9.80 Å². The fourth-order valence-electron chi connectivity index (χ4n) is 3.54. The molecule has 4 nitrogen and oxygen atoms in total. The van der Waals surface area contributed by atoms with Gasteiger partial charge in [0.1, 0.15) is 0 Å². The van der Waals surface area contributed by atoms with E-state index in [4.69, 9.17) is 0 Å². The van der Waals surface area contributed by atoms with Crippen LogP contribution in [0.15, 0.2) is 42.7 Å². The average molecular weight is 337 g/mol. The summed E-state index contributed by atoms with van der Waals surface area (Å²) in [5, 5.41) is 0. The minimum Gasteiger partial charge on any atom is -0.370 e. The van der Waals surface area contributed by atoms with Crippen LogP contribution in [0.5, 0.6) is 0 Å². The number of aromatic nitrogens is 1. The molecule has 2 heterocycles. The maximum atomic E-state index is 13.1. The summed E-state index contributed by atoms with van der Waals surface area (Å²) in [6.07, 6.45) is 6.03. The van der Waals surface area contributed by atoms with Crippen LogP contribution in [0.4, 0.5) is 11.4 Å². The summed E-state index contributed by atoms with van der Waals surface area (Å²) < 4.78 is 0. The molecule has 3 rings (SSSR count). The van der Waals surface area contributed by atoms with E-state index in [-0.39, 0.29) is 5.91 Å². The first-order chi connectivity index (χ1) is 12.1. The smallest absolute Gasteiger partial charge is 0.259 e. The zero-order valence-corrected chi connectivity index (χ0v) is 15.4. The third-order valence-corrected chi connectivity index (χ3v) is 4.87. The third-order valence-electron chi connectivity index (χ3n) is 4.87. The van der Waals surface area contributed by atoms with Crippen LogP contribution in [0.3, 0.4) is 0 Å². The second-order valence-corrected chi connectivity index (χ2v) is 7.01. The second-order valence-electron chi connectivity index (χ2n) is 7.01. The van der Waals surface area contributed by atoms with Gasteiger partial charge < -0.3 is 9.80 Å². The number of amides is 1. The number of benzene rings is 1. The standard InChI is InChI=1S/C21H27N3O/c1-4-24(19-9-5-7-16(2)11-19)21(25)18-12-20(14-22-13-18)23-10-6-8-17(3)15-23/h5,7,9,11-14,17H,4,6,8,10,15H2,1-3H3. The Bertz CT molecular complexity index is 743. The monoisotopic (exact) mass is 337 g/mol. The van der Waals surface area contributed by atoms with Crippen LogP contribution in [-0.4, -0.2) is 30.5 Å². The fourth-order valence-corrected chi connectivity index (χ4v) is 3.54. The average Bonchev–Trinajstić information content (AvgIpc) is 2.62. The number of carbonyl (C=O) groups excluding carboxylic acids is 1. The van der Waals surface area contributed by atoms with Crippen LogP contribution in [0.25, 0.3) is 0 Å². The lowest BCUT2D eigenvalue weighted by molar-refractivity contribution is 0.0988. The number of hydrogen-bond acceptors (Lipinski definition) is 3. The highest BCUT2D eigenvalue weighted by atomic mass is 16.2. The van der Waals surface area contributed by atoms with Gasteiger partial charge in [-0.25, -0.2) is 0 Å². The van der Waals surface area contributed by atoms with Crippen LogP contribution in [0, 0.1) is 12.8 Å². The largest absolute Gasteiger partial charge is 0.370 e. The van der Waals surface area contributed by atoms with Crippen molar-refractivity contribution in [1.29, 1.82) is 0 Å². The number of pyridine rings is 1. The van der Waals surface area contributed by atoms with Crippen LogP contribution in [0.2, 0.25) is 0 Å². The number of carbonyl (C=O) groups is 1. The van der Waals surface area contributed by atoms with Gasteiger partial charge in [-0.2, -0.15) is 0 Å². The van der Waals surface area contributed by atoms with Crippen molar-refractivity contribution in [2.24, 2.45) is 5.92 Å². The molecule has 25 heavy (non-hydrogen) atoms. The summed E-state index contributed by atoms with van der Waals surface area (Å²) in [5.74, 6) is 0.694. The Morgan fingerprint density at radius 3 is 2.88 bits per heavy atom. The first kappa shape index (κ1) is 17.5. The van der Waals surface area contributed by atoms with Crippen molar-refractivity contribution >= 4 is 17.3 Å². The van der Waals surface area contributed by atoms with Crippen molar-refractivity contribution < 1.29 is 4.79 Å². The van der Waals surface area contributed by atoms with Gasteiger partial charge in [0.25, 0.3) is 5.91 Å². The molecule has 1 saturated heterocycles. The molecule has 0 saturated carbocycles. The summed E-state index contributed by atoms with van der Waals surface area (Å²) in [4.78, 5) is 21.6. The van der Waals surface area contributed by atoms with E-state index >= 15 is 0 Å². The maximum Gasteiger partial charge on any atom is 0.259 e. The van der Waals surface area contributed by atoms with E-state index in [0.29, 0.717) is 18.0 Å². The molecule has 0 spiro atoms. The summed E-state index contributed by atoms with van der Waals surface area (Å²) in [6.45, 7) is 9.04. The van der Waals surface area contributed by atoms with Crippen molar-refractivity contribution in [2.45, 2.75) is 33.6 Å². The number of aryl methyl sites for hydroxylation is 1. The van der Waals surface area contributed by atoms with Gasteiger partial charge in [0.05, 0.1) is 17.4 Å². The number of hydrogen-bond donors (Lipinski definition) is 0. The van der Waals surface area contributed by atoms with Crippen molar-refractivity contribution in [1.82, 2.24) is 4.98 Å². The lowest BCUT2D eigenvalue weighted by atomic mass is 10.00. The Morgan fingerprint density at radius 2 is 2.16 bits per heavy atom. The fraction of sp³-hybridized carbons (Fsp3) is 0.429. The molecular weight excluding hydrogens is 310 g/mol. The summed E-state index contributed by atoms with van der Waals surface area (Å²) in [5.41, 5.74) is 3.79. The van der Waals surface area contributed by atoms with Crippen molar-refractivity contribution in [2.75, 3.05) is 29.4 Å². The van der Waals surface area contributed by atoms with Crippen LogP contribution in [-0.2, 0) is 0 Å². The van der Waals surface area contributed by atoms with Crippen molar-refractivity contribution in [3.05, 3.63) is 53.9 Å². The number of anilines is 2. The molecule has 0 N–H and O–H groups in total. The van der Waals surface area contributed by atoms with Gasteiger partial charge >= 0.3 is 0 Å². The Kier molecular flexibility index (Phi) is 5.37. The second kappa shape index (κ2) is 7.68. The number of nitrogens with zero attached hydrogens (tertiary/aromatic N) is 3. The van der Waals surface area contributed by atoms with Gasteiger partial charge in [0, 0.05) is 31.5 Å². The van der Waals surface area contributed by atoms with Crippen LogP contribution in [0.1, 0.15) is 42.6 Å². The predicted molar refractivity (Wildman–Crippen MR) is 103 cm³/mol. The molecule has 0 bridgehead atoms. The van der Waals surface area contributed by atoms with E-state index < -0.39 is 0 Å². The molecule has 4 heteroatoms. The highest BCUT2D eigenvalue weighted by molar-refractivity contribution is 6.06. The zero-order valence-electron chi connectivity index (χ0n) is 15.4. The zero-order chi connectivity index (χ0) is 17.8. The van der Waals surface area contributed by atoms with Gasteiger partial charge in [-0.1, -0.05) is 19.1 Å². The van der Waals surface area contributed by atoms with Gasteiger partial charge in [-0.3, -0.25) is 9.78 Å². The molecule has 132 valence electrons. The predicted octanol–water partition coefficient (Wildman–Crippen LogP) is 4.29. The molecule has 1 aliphatic heterocycles. The molecule has 0 aliphatic carbocycles. The molecule has 0 radical (unpaired) electrons. The summed E-state index contributed by atoms with van der Waals surface area (Å²) in [6, 6.07) is 10.1. The third kappa shape index (κ3) is 4.01. The molecule has 1 fully saturated rings. The van der Waals surface area contributed by atoms with E-state index in [0.717, 1.165) is 30.0 Å². The molecule has 1 aliphatic rings. The SMILES string of the molecule is CCN(C(=O)c1cncc(N2CCCC(C)C2)c1)c1cccc(C)c1. The summed E-state index contributed by atoms with van der Waals surface area (Å²) in [7, 11) is 0. The molecular formula is C21H27N3O. The first-order valence-electron chi connectivity index (χ1n) is 9.17.